The quantitative estimate of drug-likeness (QED) is 0.859. The van der Waals surface area contributed by atoms with Crippen LogP contribution in [-0.4, -0.2) is 26.7 Å². The lowest BCUT2D eigenvalue weighted by Crippen LogP contribution is -2.22. The first kappa shape index (κ1) is 16.6. The Morgan fingerprint density at radius 1 is 1.09 bits per heavy atom. The van der Waals surface area contributed by atoms with Crippen LogP contribution in [0.3, 0.4) is 0 Å². The number of anilines is 2. The van der Waals surface area contributed by atoms with Crippen molar-refractivity contribution in [3.8, 4) is 11.5 Å². The summed E-state index contributed by atoms with van der Waals surface area (Å²) in [7, 11) is 2.89. The molecule has 23 heavy (non-hydrogen) atoms. The molecule has 2 aromatic rings. The first-order valence-electron chi connectivity index (χ1n) is 7.05. The molecule has 0 aromatic heterocycles. The van der Waals surface area contributed by atoms with E-state index in [0.29, 0.717) is 17.2 Å². The fourth-order valence-corrected chi connectivity index (χ4v) is 2.01. The van der Waals surface area contributed by atoms with Crippen molar-refractivity contribution in [1.82, 2.24) is 0 Å². The number of rotatable bonds is 6. The largest absolute Gasteiger partial charge is 0.493 e. The molecule has 0 bridgehead atoms. The number of ether oxygens (including phenoxy) is 2. The van der Waals surface area contributed by atoms with Crippen molar-refractivity contribution in [1.29, 1.82) is 0 Å². The molecule has 0 aliphatic rings. The van der Waals surface area contributed by atoms with E-state index in [4.69, 9.17) is 9.47 Å². The molecule has 0 unspecified atom stereocenters. The number of hydrogen-bond acceptors (Lipinski definition) is 4. The molecule has 6 heteroatoms. The van der Waals surface area contributed by atoms with Crippen molar-refractivity contribution in [2.45, 2.75) is 6.92 Å². The van der Waals surface area contributed by atoms with Crippen LogP contribution in [0.25, 0.3) is 0 Å². The highest BCUT2D eigenvalue weighted by Crippen LogP contribution is 2.32. The topological polar surface area (TPSA) is 59.6 Å². The number of carbonyl (C=O) groups is 1. The first-order valence-corrected chi connectivity index (χ1v) is 7.05. The molecule has 0 spiro atoms. The summed E-state index contributed by atoms with van der Waals surface area (Å²) in [5.41, 5.74) is 1.96. The molecule has 0 aliphatic heterocycles. The zero-order chi connectivity index (χ0) is 16.8. The molecule has 0 saturated carbocycles. The molecule has 1 amide bonds. The summed E-state index contributed by atoms with van der Waals surface area (Å²) in [6.07, 6.45) is 0. The minimum atomic E-state index is -0.522. The average Bonchev–Trinajstić information content (AvgIpc) is 2.55. The summed E-state index contributed by atoms with van der Waals surface area (Å²) in [6.45, 7) is 1.90. The van der Waals surface area contributed by atoms with E-state index in [-0.39, 0.29) is 18.1 Å². The molecule has 0 fully saturated rings. The van der Waals surface area contributed by atoms with Crippen LogP contribution in [0.1, 0.15) is 5.56 Å². The van der Waals surface area contributed by atoms with E-state index in [1.165, 1.54) is 26.4 Å². The van der Waals surface area contributed by atoms with Crippen LogP contribution >= 0.6 is 0 Å². The zero-order valence-corrected chi connectivity index (χ0v) is 13.3. The van der Waals surface area contributed by atoms with Crippen LogP contribution in [0.4, 0.5) is 15.8 Å². The normalized spacial score (nSPS) is 10.1. The Kier molecular flexibility index (Phi) is 5.41. The van der Waals surface area contributed by atoms with Gasteiger partial charge in [-0.25, -0.2) is 4.39 Å². The third-order valence-corrected chi connectivity index (χ3v) is 3.25. The molecule has 122 valence electrons. The molecule has 0 atom stereocenters. The Balaban J connectivity index is 1.99. The predicted molar refractivity (Wildman–Crippen MR) is 87.8 cm³/mol. The van der Waals surface area contributed by atoms with Crippen molar-refractivity contribution >= 4 is 17.3 Å². The van der Waals surface area contributed by atoms with Gasteiger partial charge in [-0.1, -0.05) is 17.7 Å². The van der Waals surface area contributed by atoms with Crippen LogP contribution < -0.4 is 20.1 Å². The first-order chi connectivity index (χ1) is 11.0. The summed E-state index contributed by atoms with van der Waals surface area (Å²) in [5.74, 6) is -0.121. The maximum Gasteiger partial charge on any atom is 0.243 e. The SMILES string of the molecule is COc1cc(F)c(NCC(=O)Nc2ccc(C)cc2)cc1OC. The van der Waals surface area contributed by atoms with Gasteiger partial charge in [0.05, 0.1) is 26.5 Å². The number of methoxy groups -OCH3 is 2. The van der Waals surface area contributed by atoms with Gasteiger partial charge in [0.15, 0.2) is 11.5 Å². The van der Waals surface area contributed by atoms with Crippen LogP contribution in [0.5, 0.6) is 11.5 Å². The third-order valence-electron chi connectivity index (χ3n) is 3.25. The van der Waals surface area contributed by atoms with Crippen molar-refractivity contribution in [2.75, 3.05) is 31.4 Å². The van der Waals surface area contributed by atoms with Gasteiger partial charge in [-0.05, 0) is 19.1 Å². The number of benzene rings is 2. The maximum absolute atomic E-state index is 13.9. The van der Waals surface area contributed by atoms with E-state index in [2.05, 4.69) is 10.6 Å². The molecule has 2 rings (SSSR count). The van der Waals surface area contributed by atoms with Crippen LogP contribution in [0, 0.1) is 12.7 Å². The van der Waals surface area contributed by atoms with Crippen molar-refractivity contribution in [3.05, 3.63) is 47.8 Å². The van der Waals surface area contributed by atoms with E-state index in [0.717, 1.165) is 5.56 Å². The monoisotopic (exact) mass is 318 g/mol. The van der Waals surface area contributed by atoms with E-state index in [1.54, 1.807) is 0 Å². The van der Waals surface area contributed by atoms with Crippen LogP contribution in [-0.2, 0) is 4.79 Å². The Morgan fingerprint density at radius 2 is 1.70 bits per heavy atom. The van der Waals surface area contributed by atoms with E-state index in [9.17, 15) is 9.18 Å². The average molecular weight is 318 g/mol. The molecule has 0 heterocycles. The smallest absolute Gasteiger partial charge is 0.243 e. The standard InChI is InChI=1S/C17H19FN2O3/c1-11-4-6-12(7-5-11)20-17(21)10-19-14-9-16(23-3)15(22-2)8-13(14)18/h4-9,19H,10H2,1-3H3,(H,20,21). The number of amides is 1. The fraction of sp³-hybridized carbons (Fsp3) is 0.235. The molecular formula is C17H19FN2O3. The second-order valence-corrected chi connectivity index (χ2v) is 4.95. The van der Waals surface area contributed by atoms with Gasteiger partial charge in [-0.3, -0.25) is 4.79 Å². The van der Waals surface area contributed by atoms with Crippen LogP contribution in [0.15, 0.2) is 36.4 Å². The zero-order valence-electron chi connectivity index (χ0n) is 13.3. The van der Waals surface area contributed by atoms with Crippen molar-refractivity contribution in [3.63, 3.8) is 0 Å². The molecule has 2 aromatic carbocycles. The van der Waals surface area contributed by atoms with E-state index >= 15 is 0 Å². The second kappa shape index (κ2) is 7.49. The lowest BCUT2D eigenvalue weighted by molar-refractivity contribution is -0.114. The number of nitrogens with one attached hydrogen (secondary N) is 2. The highest BCUT2D eigenvalue weighted by atomic mass is 19.1. The Morgan fingerprint density at radius 3 is 2.30 bits per heavy atom. The van der Waals surface area contributed by atoms with Gasteiger partial charge in [-0.2, -0.15) is 0 Å². The number of hydrogen-bond donors (Lipinski definition) is 2. The summed E-state index contributed by atoms with van der Waals surface area (Å²) >= 11 is 0. The summed E-state index contributed by atoms with van der Waals surface area (Å²) in [5, 5.41) is 5.48. The summed E-state index contributed by atoms with van der Waals surface area (Å²) in [6, 6.07) is 10.1. The van der Waals surface area contributed by atoms with Gasteiger partial charge >= 0.3 is 0 Å². The highest BCUT2D eigenvalue weighted by molar-refractivity contribution is 5.93. The predicted octanol–water partition coefficient (Wildman–Crippen LogP) is 3.20. The third kappa shape index (κ3) is 4.35. The highest BCUT2D eigenvalue weighted by Gasteiger charge is 2.12. The fourth-order valence-electron chi connectivity index (χ4n) is 2.01. The molecule has 0 radical (unpaired) electrons. The van der Waals surface area contributed by atoms with Gasteiger partial charge < -0.3 is 20.1 Å². The van der Waals surface area contributed by atoms with Gasteiger partial charge in [0.1, 0.15) is 5.82 Å². The summed E-state index contributed by atoms with van der Waals surface area (Å²) in [4.78, 5) is 11.9. The lowest BCUT2D eigenvalue weighted by Gasteiger charge is -2.12. The van der Waals surface area contributed by atoms with Gasteiger partial charge in [0, 0.05) is 17.8 Å². The van der Waals surface area contributed by atoms with Crippen molar-refractivity contribution < 1.29 is 18.7 Å². The van der Waals surface area contributed by atoms with Gasteiger partial charge in [0.2, 0.25) is 5.91 Å². The lowest BCUT2D eigenvalue weighted by atomic mass is 10.2. The second-order valence-electron chi connectivity index (χ2n) is 4.95. The number of aryl methyl sites for hydroxylation is 1. The van der Waals surface area contributed by atoms with E-state index in [1.807, 2.05) is 31.2 Å². The molecule has 5 nitrogen and oxygen atoms in total. The molecule has 0 aliphatic carbocycles. The van der Waals surface area contributed by atoms with E-state index < -0.39 is 5.82 Å². The van der Waals surface area contributed by atoms with Gasteiger partial charge in [0.25, 0.3) is 0 Å². The molecular weight excluding hydrogens is 299 g/mol. The Hall–Kier alpha value is -2.76. The van der Waals surface area contributed by atoms with Crippen molar-refractivity contribution in [2.24, 2.45) is 0 Å². The minimum absolute atomic E-state index is 0.0692. The molecule has 0 saturated heterocycles. The number of halogens is 1. The van der Waals surface area contributed by atoms with Gasteiger partial charge in [-0.15, -0.1) is 0 Å². The Labute approximate surface area is 134 Å². The maximum atomic E-state index is 13.9. The molecule has 2 N–H and O–H groups in total. The number of carbonyl (C=O) groups excluding carboxylic acids is 1. The van der Waals surface area contributed by atoms with Crippen LogP contribution in [0.2, 0.25) is 0 Å². The minimum Gasteiger partial charge on any atom is -0.493 e. The summed E-state index contributed by atoms with van der Waals surface area (Å²) < 4.78 is 24.1. The Bertz CT molecular complexity index is 687.